The van der Waals surface area contributed by atoms with Gasteiger partial charge in [0.1, 0.15) is 0 Å². The summed E-state index contributed by atoms with van der Waals surface area (Å²) in [5, 5.41) is 3.69. The van der Waals surface area contributed by atoms with Gasteiger partial charge >= 0.3 is 0 Å². The van der Waals surface area contributed by atoms with Crippen molar-refractivity contribution in [2.45, 2.75) is 51.5 Å². The van der Waals surface area contributed by atoms with E-state index in [9.17, 15) is 0 Å². The van der Waals surface area contributed by atoms with Gasteiger partial charge in [-0.1, -0.05) is 44.2 Å². The van der Waals surface area contributed by atoms with E-state index in [-0.39, 0.29) is 0 Å². The first-order valence-electron chi connectivity index (χ1n) is 7.09. The normalized spacial score (nSPS) is 29.2. The third-order valence-electron chi connectivity index (χ3n) is 4.10. The molecule has 0 amide bonds. The first-order chi connectivity index (χ1) is 8.31. The molecule has 2 rings (SSSR count). The Morgan fingerprint density at radius 3 is 2.59 bits per heavy atom. The summed E-state index contributed by atoms with van der Waals surface area (Å²) in [5.41, 5.74) is 1.54. The Bertz CT molecular complexity index is 320. The quantitative estimate of drug-likeness (QED) is 0.827. The molecule has 0 saturated heterocycles. The fourth-order valence-corrected chi connectivity index (χ4v) is 3.06. The van der Waals surface area contributed by atoms with Crippen molar-refractivity contribution in [3.8, 4) is 0 Å². The lowest BCUT2D eigenvalue weighted by Gasteiger charge is -2.35. The van der Waals surface area contributed by atoms with Gasteiger partial charge in [-0.2, -0.15) is 0 Å². The molecule has 17 heavy (non-hydrogen) atoms. The molecule has 0 spiro atoms. The van der Waals surface area contributed by atoms with Gasteiger partial charge in [-0.05, 0) is 49.6 Å². The molecule has 1 aliphatic carbocycles. The van der Waals surface area contributed by atoms with Crippen LogP contribution in [0.4, 0.5) is 0 Å². The monoisotopic (exact) mass is 231 g/mol. The number of hydrogen-bond acceptors (Lipinski definition) is 1. The van der Waals surface area contributed by atoms with Crippen LogP contribution in [-0.2, 0) is 0 Å². The molecule has 0 bridgehead atoms. The van der Waals surface area contributed by atoms with E-state index in [1.807, 2.05) is 0 Å². The SMILES string of the molecule is CCCNC1CCC(c2ccccc2)CC1C. The lowest BCUT2D eigenvalue weighted by atomic mass is 9.76. The van der Waals surface area contributed by atoms with Gasteiger partial charge < -0.3 is 5.32 Å². The second-order valence-electron chi connectivity index (χ2n) is 5.46. The molecule has 1 N–H and O–H groups in total. The van der Waals surface area contributed by atoms with Gasteiger partial charge in [0.05, 0.1) is 0 Å². The number of hydrogen-bond donors (Lipinski definition) is 1. The summed E-state index contributed by atoms with van der Waals surface area (Å²) < 4.78 is 0. The van der Waals surface area contributed by atoms with Crippen molar-refractivity contribution in [1.82, 2.24) is 5.32 Å². The number of nitrogens with one attached hydrogen (secondary N) is 1. The second kappa shape index (κ2) is 6.20. The van der Waals surface area contributed by atoms with Crippen LogP contribution < -0.4 is 5.32 Å². The van der Waals surface area contributed by atoms with Crippen molar-refractivity contribution in [1.29, 1.82) is 0 Å². The minimum Gasteiger partial charge on any atom is -0.314 e. The summed E-state index contributed by atoms with van der Waals surface area (Å²) in [4.78, 5) is 0. The van der Waals surface area contributed by atoms with Crippen LogP contribution in [0.15, 0.2) is 30.3 Å². The summed E-state index contributed by atoms with van der Waals surface area (Å²) in [7, 11) is 0. The van der Waals surface area contributed by atoms with Gasteiger partial charge in [-0.15, -0.1) is 0 Å². The van der Waals surface area contributed by atoms with Crippen LogP contribution in [-0.4, -0.2) is 12.6 Å². The fraction of sp³-hybridized carbons (Fsp3) is 0.625. The summed E-state index contributed by atoms with van der Waals surface area (Å²) in [6.45, 7) is 5.82. The van der Waals surface area contributed by atoms with Crippen LogP contribution in [0.2, 0.25) is 0 Å². The summed E-state index contributed by atoms with van der Waals surface area (Å²) in [5.74, 6) is 1.59. The van der Waals surface area contributed by atoms with Crippen LogP contribution in [0.25, 0.3) is 0 Å². The van der Waals surface area contributed by atoms with Crippen molar-refractivity contribution in [3.63, 3.8) is 0 Å². The Hall–Kier alpha value is -0.820. The average molecular weight is 231 g/mol. The largest absolute Gasteiger partial charge is 0.314 e. The Labute approximate surface area is 106 Å². The predicted molar refractivity (Wildman–Crippen MR) is 74.3 cm³/mol. The van der Waals surface area contributed by atoms with Crippen LogP contribution in [0.3, 0.4) is 0 Å². The van der Waals surface area contributed by atoms with Crippen molar-refractivity contribution >= 4 is 0 Å². The second-order valence-corrected chi connectivity index (χ2v) is 5.46. The van der Waals surface area contributed by atoms with Crippen LogP contribution in [0, 0.1) is 5.92 Å². The molecular weight excluding hydrogens is 206 g/mol. The van der Waals surface area contributed by atoms with Crippen LogP contribution in [0.1, 0.15) is 51.0 Å². The van der Waals surface area contributed by atoms with E-state index in [1.165, 1.54) is 37.8 Å². The maximum absolute atomic E-state index is 3.69. The van der Waals surface area contributed by atoms with E-state index in [2.05, 4.69) is 49.5 Å². The van der Waals surface area contributed by atoms with Crippen LogP contribution in [0.5, 0.6) is 0 Å². The Balaban J connectivity index is 1.91. The Morgan fingerprint density at radius 1 is 1.18 bits per heavy atom. The molecular formula is C16H25N. The molecule has 0 aromatic heterocycles. The average Bonchev–Trinajstić information content (AvgIpc) is 2.38. The zero-order valence-electron chi connectivity index (χ0n) is 11.2. The van der Waals surface area contributed by atoms with E-state index in [0.29, 0.717) is 0 Å². The first kappa shape index (κ1) is 12.6. The van der Waals surface area contributed by atoms with Crippen molar-refractivity contribution in [2.75, 3.05) is 6.54 Å². The molecule has 0 radical (unpaired) electrons. The lowest BCUT2D eigenvalue weighted by Crippen LogP contribution is -2.39. The molecule has 94 valence electrons. The molecule has 0 heterocycles. The molecule has 1 aliphatic rings. The Morgan fingerprint density at radius 2 is 1.94 bits per heavy atom. The highest BCUT2D eigenvalue weighted by atomic mass is 14.9. The fourth-order valence-electron chi connectivity index (χ4n) is 3.06. The summed E-state index contributed by atoms with van der Waals surface area (Å²) >= 11 is 0. The molecule has 1 fully saturated rings. The summed E-state index contributed by atoms with van der Waals surface area (Å²) in [6.07, 6.45) is 5.26. The molecule has 3 atom stereocenters. The third kappa shape index (κ3) is 3.32. The van der Waals surface area contributed by atoms with Gasteiger partial charge in [0.15, 0.2) is 0 Å². The van der Waals surface area contributed by atoms with E-state index < -0.39 is 0 Å². The summed E-state index contributed by atoms with van der Waals surface area (Å²) in [6, 6.07) is 11.8. The van der Waals surface area contributed by atoms with E-state index in [0.717, 1.165) is 17.9 Å². The number of rotatable bonds is 4. The van der Waals surface area contributed by atoms with Gasteiger partial charge in [0, 0.05) is 6.04 Å². The zero-order chi connectivity index (χ0) is 12.1. The standard InChI is InChI=1S/C16H25N/c1-3-11-17-16-10-9-15(12-13(16)2)14-7-5-4-6-8-14/h4-8,13,15-17H,3,9-12H2,1-2H3. The molecule has 1 aromatic rings. The number of benzene rings is 1. The molecule has 1 saturated carbocycles. The first-order valence-corrected chi connectivity index (χ1v) is 7.09. The highest BCUT2D eigenvalue weighted by molar-refractivity contribution is 5.20. The smallest absolute Gasteiger partial charge is 0.00931 e. The van der Waals surface area contributed by atoms with E-state index in [4.69, 9.17) is 0 Å². The van der Waals surface area contributed by atoms with Gasteiger partial charge in [-0.25, -0.2) is 0 Å². The van der Waals surface area contributed by atoms with E-state index in [1.54, 1.807) is 0 Å². The van der Waals surface area contributed by atoms with Crippen molar-refractivity contribution < 1.29 is 0 Å². The van der Waals surface area contributed by atoms with Gasteiger partial charge in [0.25, 0.3) is 0 Å². The maximum Gasteiger partial charge on any atom is 0.00931 e. The Kier molecular flexibility index (Phi) is 4.61. The molecule has 1 heteroatoms. The topological polar surface area (TPSA) is 12.0 Å². The predicted octanol–water partition coefficient (Wildman–Crippen LogP) is 3.96. The molecule has 1 nitrogen and oxygen atoms in total. The highest BCUT2D eigenvalue weighted by Gasteiger charge is 2.27. The molecule has 0 aliphatic heterocycles. The lowest BCUT2D eigenvalue weighted by molar-refractivity contribution is 0.257. The van der Waals surface area contributed by atoms with Gasteiger partial charge in [-0.3, -0.25) is 0 Å². The van der Waals surface area contributed by atoms with Crippen molar-refractivity contribution in [3.05, 3.63) is 35.9 Å². The maximum atomic E-state index is 3.69. The molecule has 3 unspecified atom stereocenters. The zero-order valence-corrected chi connectivity index (χ0v) is 11.2. The highest BCUT2D eigenvalue weighted by Crippen LogP contribution is 2.35. The van der Waals surface area contributed by atoms with E-state index >= 15 is 0 Å². The minimum atomic E-state index is 0.745. The van der Waals surface area contributed by atoms with Crippen molar-refractivity contribution in [2.24, 2.45) is 5.92 Å². The van der Waals surface area contributed by atoms with Crippen LogP contribution >= 0.6 is 0 Å². The third-order valence-corrected chi connectivity index (χ3v) is 4.10. The molecule has 1 aromatic carbocycles. The minimum absolute atomic E-state index is 0.745. The van der Waals surface area contributed by atoms with Gasteiger partial charge in [0.2, 0.25) is 0 Å².